The Labute approximate surface area is 118 Å². The van der Waals surface area contributed by atoms with Gasteiger partial charge in [-0.3, -0.25) is 0 Å². The van der Waals surface area contributed by atoms with Crippen molar-refractivity contribution in [2.24, 2.45) is 0 Å². The van der Waals surface area contributed by atoms with Crippen LogP contribution in [-0.4, -0.2) is 14.6 Å². The Kier molecular flexibility index (Phi) is 2.86. The average molecular weight is 292 g/mol. The van der Waals surface area contributed by atoms with E-state index >= 15 is 0 Å². The Morgan fingerprint density at radius 1 is 1.05 bits per heavy atom. The minimum Gasteiger partial charge on any atom is -0.366 e. The summed E-state index contributed by atoms with van der Waals surface area (Å²) in [5.41, 5.74) is 7.69. The largest absolute Gasteiger partial charge is 0.416 e. The Balaban J connectivity index is 2.10. The molecule has 2 heterocycles. The van der Waals surface area contributed by atoms with Gasteiger partial charge in [-0.1, -0.05) is 12.1 Å². The molecule has 1 aromatic carbocycles. The van der Waals surface area contributed by atoms with E-state index in [0.29, 0.717) is 11.2 Å². The van der Waals surface area contributed by atoms with Gasteiger partial charge in [-0.05, 0) is 36.8 Å². The van der Waals surface area contributed by atoms with Crippen LogP contribution in [0.2, 0.25) is 0 Å². The van der Waals surface area contributed by atoms with Crippen LogP contribution in [0, 0.1) is 6.92 Å². The van der Waals surface area contributed by atoms with Gasteiger partial charge < -0.3 is 5.73 Å². The molecule has 2 aromatic heterocycles. The zero-order valence-corrected chi connectivity index (χ0v) is 11.0. The molecular formula is C14H11F3N4. The summed E-state index contributed by atoms with van der Waals surface area (Å²) in [6.07, 6.45) is -4.34. The van der Waals surface area contributed by atoms with Crippen LogP contribution in [0.3, 0.4) is 0 Å². The predicted molar refractivity (Wildman–Crippen MR) is 72.6 cm³/mol. The average Bonchev–Trinajstić information content (AvgIpc) is 2.80. The number of hydrogen-bond acceptors (Lipinski definition) is 3. The number of aryl methyl sites for hydroxylation is 1. The number of nitrogens with two attached hydrogens (primary N) is 1. The lowest BCUT2D eigenvalue weighted by atomic mass is 10.0. The van der Waals surface area contributed by atoms with Crippen molar-refractivity contribution in [2.45, 2.75) is 13.1 Å². The number of hydrogen-bond donors (Lipinski definition) is 1. The fourth-order valence-electron chi connectivity index (χ4n) is 2.23. The van der Waals surface area contributed by atoms with Crippen LogP contribution in [0.15, 0.2) is 36.4 Å². The van der Waals surface area contributed by atoms with Gasteiger partial charge in [-0.15, -0.1) is 5.10 Å². The molecule has 0 amide bonds. The molecular weight excluding hydrogens is 281 g/mol. The Bertz CT molecular complexity index is 803. The highest BCUT2D eigenvalue weighted by Crippen LogP contribution is 2.31. The number of pyridine rings is 1. The monoisotopic (exact) mass is 292 g/mol. The summed E-state index contributed by atoms with van der Waals surface area (Å²) in [6, 6.07) is 8.53. The molecule has 3 rings (SSSR count). The Hall–Kier alpha value is -2.57. The summed E-state index contributed by atoms with van der Waals surface area (Å²) in [5.74, 6) is 0.155. The molecule has 0 bridgehead atoms. The number of fused-ring (bicyclic) bond motifs is 1. The van der Waals surface area contributed by atoms with E-state index < -0.39 is 11.7 Å². The molecule has 21 heavy (non-hydrogen) atoms. The SMILES string of the molecule is Cc1c(-c2ccc(C(F)(F)F)cc2)ccc2nc(N)nn12. The van der Waals surface area contributed by atoms with Gasteiger partial charge in [0.05, 0.1) is 5.56 Å². The van der Waals surface area contributed by atoms with E-state index in [1.807, 2.05) is 6.92 Å². The van der Waals surface area contributed by atoms with Crippen molar-refractivity contribution in [2.75, 3.05) is 5.73 Å². The van der Waals surface area contributed by atoms with Crippen LogP contribution in [0.5, 0.6) is 0 Å². The molecule has 0 saturated carbocycles. The zero-order valence-electron chi connectivity index (χ0n) is 11.0. The van der Waals surface area contributed by atoms with Crippen molar-refractivity contribution in [3.05, 3.63) is 47.7 Å². The Morgan fingerprint density at radius 3 is 2.33 bits per heavy atom. The predicted octanol–water partition coefficient (Wildman–Crippen LogP) is 3.31. The molecule has 4 nitrogen and oxygen atoms in total. The molecule has 0 aliphatic rings. The second-order valence-electron chi connectivity index (χ2n) is 4.65. The van der Waals surface area contributed by atoms with Crippen molar-refractivity contribution >= 4 is 11.6 Å². The first-order valence-electron chi connectivity index (χ1n) is 6.16. The lowest BCUT2D eigenvalue weighted by Gasteiger charge is -2.10. The lowest BCUT2D eigenvalue weighted by molar-refractivity contribution is -0.137. The standard InChI is InChI=1S/C14H11F3N4/c1-8-11(6-7-12-19-13(18)20-21(8)12)9-2-4-10(5-3-9)14(15,16)17/h2-7H,1H3,(H2,18,20). The van der Waals surface area contributed by atoms with Gasteiger partial charge in [-0.2, -0.15) is 18.2 Å². The lowest BCUT2D eigenvalue weighted by Crippen LogP contribution is -2.04. The van der Waals surface area contributed by atoms with Crippen molar-refractivity contribution in [3.63, 3.8) is 0 Å². The maximum absolute atomic E-state index is 12.6. The molecule has 3 aromatic rings. The normalized spacial score (nSPS) is 12.0. The fourth-order valence-corrected chi connectivity index (χ4v) is 2.23. The molecule has 108 valence electrons. The summed E-state index contributed by atoms with van der Waals surface area (Å²) < 4.78 is 39.3. The smallest absolute Gasteiger partial charge is 0.366 e. The van der Waals surface area contributed by atoms with Crippen molar-refractivity contribution in [1.82, 2.24) is 14.6 Å². The molecule has 0 fully saturated rings. The number of nitrogens with zero attached hydrogens (tertiary/aromatic N) is 3. The van der Waals surface area contributed by atoms with Gasteiger partial charge in [0.25, 0.3) is 0 Å². The van der Waals surface area contributed by atoms with Crippen LogP contribution < -0.4 is 5.73 Å². The first-order chi connectivity index (χ1) is 9.86. The first kappa shape index (κ1) is 13.4. The van der Waals surface area contributed by atoms with Gasteiger partial charge in [0.15, 0.2) is 5.65 Å². The van der Waals surface area contributed by atoms with Crippen molar-refractivity contribution in [1.29, 1.82) is 0 Å². The topological polar surface area (TPSA) is 56.2 Å². The fraction of sp³-hybridized carbons (Fsp3) is 0.143. The van der Waals surface area contributed by atoms with Gasteiger partial charge in [0.2, 0.25) is 5.95 Å². The molecule has 0 radical (unpaired) electrons. The summed E-state index contributed by atoms with van der Waals surface area (Å²) in [7, 11) is 0. The molecule has 2 N–H and O–H groups in total. The van der Waals surface area contributed by atoms with Crippen LogP contribution in [-0.2, 0) is 6.18 Å². The second-order valence-corrected chi connectivity index (χ2v) is 4.65. The van der Waals surface area contributed by atoms with Gasteiger partial charge in [-0.25, -0.2) is 4.52 Å². The summed E-state index contributed by atoms with van der Waals surface area (Å²) in [5, 5.41) is 4.06. The van der Waals surface area contributed by atoms with Gasteiger partial charge in [0, 0.05) is 11.3 Å². The van der Waals surface area contributed by atoms with Gasteiger partial charge >= 0.3 is 6.18 Å². The van der Waals surface area contributed by atoms with Crippen LogP contribution in [0.1, 0.15) is 11.3 Å². The third kappa shape index (κ3) is 2.31. The molecule has 0 aliphatic heterocycles. The van der Waals surface area contributed by atoms with Crippen molar-refractivity contribution < 1.29 is 13.2 Å². The van der Waals surface area contributed by atoms with E-state index in [9.17, 15) is 13.2 Å². The Morgan fingerprint density at radius 2 is 1.71 bits per heavy atom. The molecule has 0 unspecified atom stereocenters. The molecule has 0 spiro atoms. The third-order valence-electron chi connectivity index (χ3n) is 3.28. The van der Waals surface area contributed by atoms with E-state index in [1.54, 1.807) is 16.6 Å². The van der Waals surface area contributed by atoms with Crippen LogP contribution in [0.25, 0.3) is 16.8 Å². The summed E-state index contributed by atoms with van der Waals surface area (Å²) in [6.45, 7) is 1.81. The highest BCUT2D eigenvalue weighted by Gasteiger charge is 2.30. The summed E-state index contributed by atoms with van der Waals surface area (Å²) >= 11 is 0. The zero-order chi connectivity index (χ0) is 15.2. The first-order valence-corrected chi connectivity index (χ1v) is 6.16. The maximum atomic E-state index is 12.6. The molecule has 0 saturated heterocycles. The summed E-state index contributed by atoms with van der Waals surface area (Å²) in [4.78, 5) is 4.04. The van der Waals surface area contributed by atoms with Crippen LogP contribution in [0.4, 0.5) is 19.1 Å². The number of alkyl halides is 3. The quantitative estimate of drug-likeness (QED) is 0.748. The number of aromatic nitrogens is 3. The third-order valence-corrected chi connectivity index (χ3v) is 3.28. The van der Waals surface area contributed by atoms with E-state index in [2.05, 4.69) is 10.1 Å². The number of nitrogen functional groups attached to an aromatic ring is 1. The molecule has 0 atom stereocenters. The van der Waals surface area contributed by atoms with Crippen LogP contribution >= 0.6 is 0 Å². The van der Waals surface area contributed by atoms with E-state index in [1.165, 1.54) is 12.1 Å². The minimum absolute atomic E-state index is 0.155. The molecule has 0 aliphatic carbocycles. The van der Waals surface area contributed by atoms with Crippen molar-refractivity contribution in [3.8, 4) is 11.1 Å². The number of benzene rings is 1. The van der Waals surface area contributed by atoms with Gasteiger partial charge in [0.1, 0.15) is 0 Å². The highest BCUT2D eigenvalue weighted by molar-refractivity contribution is 5.68. The number of rotatable bonds is 1. The number of halogens is 3. The second kappa shape index (κ2) is 4.47. The van der Waals surface area contributed by atoms with E-state index in [-0.39, 0.29) is 5.95 Å². The van der Waals surface area contributed by atoms with E-state index in [0.717, 1.165) is 23.4 Å². The minimum atomic E-state index is -4.34. The maximum Gasteiger partial charge on any atom is 0.416 e. The molecule has 7 heteroatoms. The number of anilines is 1. The highest BCUT2D eigenvalue weighted by atomic mass is 19.4. The van der Waals surface area contributed by atoms with E-state index in [4.69, 9.17) is 5.73 Å².